The van der Waals surface area contributed by atoms with Crippen LogP contribution in [0.2, 0.25) is 16.1 Å². The molecule has 0 heterocycles. The van der Waals surface area contributed by atoms with E-state index < -0.39 is 14.7 Å². The summed E-state index contributed by atoms with van der Waals surface area (Å²) in [4.78, 5) is 0. The van der Waals surface area contributed by atoms with E-state index in [0.29, 0.717) is 0 Å². The molecular weight excluding hydrogens is 159 g/mol. The van der Waals surface area contributed by atoms with Gasteiger partial charge in [0.2, 0.25) is 0 Å². The van der Waals surface area contributed by atoms with Gasteiger partial charge < -0.3 is 0 Å². The van der Waals surface area contributed by atoms with Crippen molar-refractivity contribution in [2.45, 2.75) is 16.1 Å². The second-order valence-electron chi connectivity index (χ2n) is 2.22. The average molecular weight is 170 g/mol. The van der Waals surface area contributed by atoms with Gasteiger partial charge in [0, 0.05) is 0 Å². The van der Waals surface area contributed by atoms with Crippen LogP contribution in [0.1, 0.15) is 0 Å². The minimum atomic E-state index is -0.455. The van der Waals surface area contributed by atoms with Crippen LogP contribution in [-0.4, -0.2) is 14.7 Å². The quantitative estimate of drug-likeness (QED) is 0.529. The Labute approximate surface area is 55.5 Å². The van der Waals surface area contributed by atoms with Crippen molar-refractivity contribution < 1.29 is 0 Å². The zero-order valence-corrected chi connectivity index (χ0v) is 7.21. The van der Waals surface area contributed by atoms with Crippen LogP contribution in [-0.2, 0) is 0 Å². The summed E-state index contributed by atoms with van der Waals surface area (Å²) in [5.74, 6) is 0. The normalized spacial score (nSPS) is 18.9. The average Bonchev–Trinajstić information content (AvgIpc) is 2.12. The van der Waals surface area contributed by atoms with E-state index in [-0.39, 0.29) is 0 Å². The molecular formula is C7H11As. The summed E-state index contributed by atoms with van der Waals surface area (Å²) in [6.07, 6.45) is 8.92. The van der Waals surface area contributed by atoms with Crippen LogP contribution in [0.25, 0.3) is 0 Å². The van der Waals surface area contributed by atoms with Gasteiger partial charge in [-0.3, -0.25) is 0 Å². The summed E-state index contributed by atoms with van der Waals surface area (Å²) in [6, 6.07) is 0. The van der Waals surface area contributed by atoms with E-state index in [1.807, 2.05) is 0 Å². The molecule has 0 aliphatic heterocycles. The fraction of sp³-hybridized carbons (Fsp3) is 0.429. The fourth-order valence-electron chi connectivity index (χ4n) is 0.764. The summed E-state index contributed by atoms with van der Waals surface area (Å²) in [7, 11) is 0. The first-order valence-corrected chi connectivity index (χ1v) is 7.66. The molecule has 0 nitrogen and oxygen atoms in total. The topological polar surface area (TPSA) is 0 Å². The number of hydrogen-bond donors (Lipinski definition) is 0. The Hall–Kier alpha value is 0.0384. The van der Waals surface area contributed by atoms with Gasteiger partial charge in [-0.05, 0) is 0 Å². The Bertz CT molecular complexity index is 110. The molecule has 0 aromatic carbocycles. The molecule has 0 amide bonds. The molecule has 0 atom stereocenters. The van der Waals surface area contributed by atoms with Crippen LogP contribution in [0.15, 0.2) is 24.3 Å². The predicted molar refractivity (Wildman–Crippen MR) is 39.5 cm³/mol. The van der Waals surface area contributed by atoms with Gasteiger partial charge in [0.25, 0.3) is 0 Å². The maximum absolute atomic E-state index is 2.39. The molecule has 0 N–H and O–H groups in total. The standard InChI is InChI=1S/C7H11As/c1-8(2)7-5-3-4-6-7/h3-7H,1-2H3. The van der Waals surface area contributed by atoms with Gasteiger partial charge in [0.15, 0.2) is 0 Å². The van der Waals surface area contributed by atoms with Gasteiger partial charge in [0.1, 0.15) is 0 Å². The second-order valence-corrected chi connectivity index (χ2v) is 7.52. The number of hydrogen-bond acceptors (Lipinski definition) is 0. The van der Waals surface area contributed by atoms with Crippen molar-refractivity contribution in [1.82, 2.24) is 0 Å². The second kappa shape index (κ2) is 2.55. The molecule has 0 spiro atoms. The third kappa shape index (κ3) is 1.26. The van der Waals surface area contributed by atoms with Gasteiger partial charge in [-0.1, -0.05) is 0 Å². The van der Waals surface area contributed by atoms with Gasteiger partial charge in [-0.15, -0.1) is 0 Å². The van der Waals surface area contributed by atoms with Crippen LogP contribution in [0.5, 0.6) is 0 Å². The molecule has 0 radical (unpaired) electrons. The SMILES string of the molecule is C[As](C)C1C=CC=C1. The van der Waals surface area contributed by atoms with E-state index in [4.69, 9.17) is 0 Å². The zero-order chi connectivity index (χ0) is 5.98. The van der Waals surface area contributed by atoms with E-state index in [1.165, 1.54) is 0 Å². The summed E-state index contributed by atoms with van der Waals surface area (Å²) < 4.78 is 0.850. The monoisotopic (exact) mass is 170 g/mol. The van der Waals surface area contributed by atoms with Crippen molar-refractivity contribution in [3.8, 4) is 0 Å². The van der Waals surface area contributed by atoms with E-state index in [1.54, 1.807) is 0 Å². The summed E-state index contributed by atoms with van der Waals surface area (Å²) in [6.45, 7) is 0. The Balaban J connectivity index is 2.49. The molecule has 8 heavy (non-hydrogen) atoms. The Kier molecular flexibility index (Phi) is 1.96. The van der Waals surface area contributed by atoms with Crippen LogP contribution in [0, 0.1) is 0 Å². The molecule has 1 rings (SSSR count). The van der Waals surface area contributed by atoms with Gasteiger partial charge in [-0.2, -0.15) is 0 Å². The predicted octanol–water partition coefficient (Wildman–Crippen LogP) is 2.24. The van der Waals surface area contributed by atoms with Crippen LogP contribution in [0.3, 0.4) is 0 Å². The molecule has 0 aromatic heterocycles. The molecule has 1 aliphatic rings. The van der Waals surface area contributed by atoms with Gasteiger partial charge >= 0.3 is 55.1 Å². The molecule has 0 bridgehead atoms. The van der Waals surface area contributed by atoms with Gasteiger partial charge in [0.05, 0.1) is 0 Å². The van der Waals surface area contributed by atoms with Crippen molar-refractivity contribution in [3.63, 3.8) is 0 Å². The summed E-state index contributed by atoms with van der Waals surface area (Å²) >= 11 is -0.455. The van der Waals surface area contributed by atoms with Crippen molar-refractivity contribution in [1.29, 1.82) is 0 Å². The molecule has 1 aliphatic carbocycles. The first kappa shape index (κ1) is 6.16. The number of rotatable bonds is 1. The van der Waals surface area contributed by atoms with E-state index in [0.717, 1.165) is 4.71 Å². The summed E-state index contributed by atoms with van der Waals surface area (Å²) in [5, 5.41) is 0. The molecule has 0 unspecified atom stereocenters. The fourth-order valence-corrected chi connectivity index (χ4v) is 2.63. The van der Waals surface area contributed by atoms with Crippen LogP contribution in [0.4, 0.5) is 0 Å². The molecule has 0 saturated heterocycles. The molecule has 0 saturated carbocycles. The van der Waals surface area contributed by atoms with E-state index in [2.05, 4.69) is 35.7 Å². The van der Waals surface area contributed by atoms with Gasteiger partial charge in [-0.25, -0.2) is 0 Å². The molecule has 0 fully saturated rings. The summed E-state index contributed by atoms with van der Waals surface area (Å²) in [5.41, 5.74) is 4.77. The third-order valence-corrected chi connectivity index (χ3v) is 4.55. The van der Waals surface area contributed by atoms with Crippen LogP contribution >= 0.6 is 0 Å². The van der Waals surface area contributed by atoms with Crippen molar-refractivity contribution in [2.75, 3.05) is 0 Å². The maximum atomic E-state index is 2.39. The first-order valence-electron chi connectivity index (χ1n) is 2.82. The third-order valence-electron chi connectivity index (χ3n) is 1.32. The van der Waals surface area contributed by atoms with Crippen molar-refractivity contribution in [2.24, 2.45) is 0 Å². The molecule has 44 valence electrons. The number of allylic oxidation sites excluding steroid dienone is 4. The first-order chi connectivity index (χ1) is 3.80. The van der Waals surface area contributed by atoms with Crippen LogP contribution < -0.4 is 0 Å². The Morgan fingerprint density at radius 3 is 1.88 bits per heavy atom. The minimum absolute atomic E-state index is 0.455. The van der Waals surface area contributed by atoms with E-state index in [9.17, 15) is 0 Å². The Morgan fingerprint density at radius 1 is 1.12 bits per heavy atom. The van der Waals surface area contributed by atoms with Crippen molar-refractivity contribution >= 4 is 14.7 Å². The van der Waals surface area contributed by atoms with Crippen molar-refractivity contribution in [3.05, 3.63) is 24.3 Å². The Morgan fingerprint density at radius 2 is 1.62 bits per heavy atom. The molecule has 0 aromatic rings. The van der Waals surface area contributed by atoms with E-state index >= 15 is 0 Å². The zero-order valence-electron chi connectivity index (χ0n) is 5.33. The molecule has 1 heteroatoms.